The third kappa shape index (κ3) is 2.45. The number of nitrogens with two attached hydrogens (primary N) is 1. The van der Waals surface area contributed by atoms with Crippen molar-refractivity contribution in [3.8, 4) is 0 Å². The molecule has 2 fully saturated rings. The maximum atomic E-state index is 5.62. The van der Waals surface area contributed by atoms with Crippen molar-refractivity contribution >= 4 is 0 Å². The Morgan fingerprint density at radius 3 is 2.71 bits per heavy atom. The van der Waals surface area contributed by atoms with Crippen LogP contribution in [0.25, 0.3) is 0 Å². The fraction of sp³-hybridized carbons (Fsp3) is 1.00. The Hall–Kier alpha value is -0.160. The summed E-state index contributed by atoms with van der Waals surface area (Å²) in [5.41, 5.74) is 5.62. The summed E-state index contributed by atoms with van der Waals surface area (Å²) in [5, 5.41) is 0. The zero-order valence-electron chi connectivity index (χ0n) is 8.65. The lowest BCUT2D eigenvalue weighted by atomic mass is 10.1. The lowest BCUT2D eigenvalue weighted by Gasteiger charge is -2.39. The molecule has 0 bridgehead atoms. The highest BCUT2D eigenvalue weighted by molar-refractivity contribution is 4.80. The predicted octanol–water partition coefficient (Wildman–Crippen LogP) is -0.175. The molecule has 4 heteroatoms. The van der Waals surface area contributed by atoms with Gasteiger partial charge in [0.1, 0.15) is 0 Å². The average molecular weight is 200 g/mol. The molecule has 0 saturated carbocycles. The molecule has 2 saturated heterocycles. The van der Waals surface area contributed by atoms with E-state index in [1.807, 2.05) is 0 Å². The maximum absolute atomic E-state index is 5.62. The SMILES string of the molecule is NCC1CN(C2CCOCC2)CCO1. The Bertz CT molecular complexity index is 172. The zero-order chi connectivity index (χ0) is 9.80. The molecule has 14 heavy (non-hydrogen) atoms. The monoisotopic (exact) mass is 200 g/mol. The van der Waals surface area contributed by atoms with E-state index in [0.717, 1.165) is 45.8 Å². The van der Waals surface area contributed by atoms with E-state index in [4.69, 9.17) is 15.2 Å². The van der Waals surface area contributed by atoms with E-state index in [9.17, 15) is 0 Å². The number of ether oxygens (including phenoxy) is 2. The fourth-order valence-electron chi connectivity index (χ4n) is 2.27. The summed E-state index contributed by atoms with van der Waals surface area (Å²) in [6.45, 7) is 5.35. The summed E-state index contributed by atoms with van der Waals surface area (Å²) in [6.07, 6.45) is 2.57. The molecule has 0 radical (unpaired) electrons. The predicted molar refractivity (Wildman–Crippen MR) is 54.2 cm³/mol. The van der Waals surface area contributed by atoms with Crippen molar-refractivity contribution < 1.29 is 9.47 Å². The number of rotatable bonds is 2. The minimum Gasteiger partial charge on any atom is -0.381 e. The van der Waals surface area contributed by atoms with Crippen molar-refractivity contribution in [1.82, 2.24) is 4.90 Å². The van der Waals surface area contributed by atoms with Gasteiger partial charge in [-0.3, -0.25) is 4.90 Å². The fourth-order valence-corrected chi connectivity index (χ4v) is 2.27. The third-order valence-corrected chi connectivity index (χ3v) is 3.14. The van der Waals surface area contributed by atoms with Crippen molar-refractivity contribution in [2.45, 2.75) is 25.0 Å². The van der Waals surface area contributed by atoms with Crippen molar-refractivity contribution in [3.63, 3.8) is 0 Å². The van der Waals surface area contributed by atoms with Crippen molar-refractivity contribution in [2.75, 3.05) is 39.5 Å². The molecule has 0 aromatic rings. The lowest BCUT2D eigenvalue weighted by Crippen LogP contribution is -2.51. The molecular formula is C10H20N2O2. The Balaban J connectivity index is 1.83. The molecule has 2 rings (SSSR count). The highest BCUT2D eigenvalue weighted by atomic mass is 16.5. The van der Waals surface area contributed by atoms with E-state index >= 15 is 0 Å². The number of hydrogen-bond acceptors (Lipinski definition) is 4. The van der Waals surface area contributed by atoms with Gasteiger partial charge in [-0.1, -0.05) is 0 Å². The highest BCUT2D eigenvalue weighted by Gasteiger charge is 2.26. The molecule has 0 spiro atoms. The van der Waals surface area contributed by atoms with Crippen LogP contribution in [0.5, 0.6) is 0 Å². The summed E-state index contributed by atoms with van der Waals surface area (Å²) in [5.74, 6) is 0. The normalized spacial score (nSPS) is 31.9. The van der Waals surface area contributed by atoms with Crippen LogP contribution >= 0.6 is 0 Å². The standard InChI is InChI=1S/C10H20N2O2/c11-7-10-8-12(3-6-14-10)9-1-4-13-5-2-9/h9-10H,1-8,11H2. The van der Waals surface area contributed by atoms with Gasteiger partial charge in [-0.15, -0.1) is 0 Å². The van der Waals surface area contributed by atoms with Crippen LogP contribution in [0.3, 0.4) is 0 Å². The van der Waals surface area contributed by atoms with Gasteiger partial charge in [-0.2, -0.15) is 0 Å². The molecule has 0 aliphatic carbocycles. The van der Waals surface area contributed by atoms with Crippen LogP contribution in [0, 0.1) is 0 Å². The van der Waals surface area contributed by atoms with E-state index in [1.54, 1.807) is 0 Å². The van der Waals surface area contributed by atoms with E-state index in [2.05, 4.69) is 4.90 Å². The van der Waals surface area contributed by atoms with Gasteiger partial charge in [0.15, 0.2) is 0 Å². The molecule has 0 aromatic heterocycles. The summed E-state index contributed by atoms with van der Waals surface area (Å²) < 4.78 is 10.9. The maximum Gasteiger partial charge on any atom is 0.0824 e. The molecule has 4 nitrogen and oxygen atoms in total. The van der Waals surface area contributed by atoms with E-state index in [1.165, 1.54) is 0 Å². The number of nitrogens with zero attached hydrogens (tertiary/aromatic N) is 1. The molecule has 82 valence electrons. The summed E-state index contributed by atoms with van der Waals surface area (Å²) in [7, 11) is 0. The van der Waals surface area contributed by atoms with Gasteiger partial charge >= 0.3 is 0 Å². The number of hydrogen-bond donors (Lipinski definition) is 1. The molecule has 2 aliphatic heterocycles. The molecule has 2 N–H and O–H groups in total. The summed E-state index contributed by atoms with van der Waals surface area (Å²) in [4.78, 5) is 2.52. The van der Waals surface area contributed by atoms with E-state index in [-0.39, 0.29) is 6.10 Å². The minimum atomic E-state index is 0.242. The second-order valence-corrected chi connectivity index (χ2v) is 4.07. The Kier molecular flexibility index (Phi) is 3.75. The molecule has 1 atom stereocenters. The van der Waals surface area contributed by atoms with Crippen molar-refractivity contribution in [2.24, 2.45) is 5.73 Å². The zero-order valence-corrected chi connectivity index (χ0v) is 8.65. The molecule has 2 heterocycles. The second kappa shape index (κ2) is 5.07. The minimum absolute atomic E-state index is 0.242. The van der Waals surface area contributed by atoms with Gasteiger partial charge < -0.3 is 15.2 Å². The molecule has 2 aliphatic rings. The first-order chi connectivity index (χ1) is 6.90. The van der Waals surface area contributed by atoms with Gasteiger partial charge in [0.05, 0.1) is 12.7 Å². The first-order valence-corrected chi connectivity index (χ1v) is 5.53. The van der Waals surface area contributed by atoms with Gasteiger partial charge in [0, 0.05) is 38.9 Å². The van der Waals surface area contributed by atoms with E-state index < -0.39 is 0 Å². The van der Waals surface area contributed by atoms with Gasteiger partial charge in [0.2, 0.25) is 0 Å². The van der Waals surface area contributed by atoms with Crippen LogP contribution in [-0.2, 0) is 9.47 Å². The lowest BCUT2D eigenvalue weighted by molar-refractivity contribution is -0.0578. The van der Waals surface area contributed by atoms with Crippen LogP contribution < -0.4 is 5.73 Å². The van der Waals surface area contributed by atoms with Crippen molar-refractivity contribution in [3.05, 3.63) is 0 Å². The molecule has 0 aromatic carbocycles. The van der Waals surface area contributed by atoms with Crippen LogP contribution in [0.4, 0.5) is 0 Å². The van der Waals surface area contributed by atoms with E-state index in [0.29, 0.717) is 12.6 Å². The van der Waals surface area contributed by atoms with Gasteiger partial charge in [0.25, 0.3) is 0 Å². The topological polar surface area (TPSA) is 47.7 Å². The summed E-state index contributed by atoms with van der Waals surface area (Å²) >= 11 is 0. The first kappa shape index (κ1) is 10.4. The Morgan fingerprint density at radius 1 is 1.21 bits per heavy atom. The van der Waals surface area contributed by atoms with Crippen LogP contribution in [0.2, 0.25) is 0 Å². The third-order valence-electron chi connectivity index (χ3n) is 3.14. The second-order valence-electron chi connectivity index (χ2n) is 4.07. The van der Waals surface area contributed by atoms with Crippen LogP contribution in [0.1, 0.15) is 12.8 Å². The van der Waals surface area contributed by atoms with Crippen LogP contribution in [0.15, 0.2) is 0 Å². The number of morpholine rings is 1. The quantitative estimate of drug-likeness (QED) is 0.672. The smallest absolute Gasteiger partial charge is 0.0824 e. The van der Waals surface area contributed by atoms with Gasteiger partial charge in [-0.25, -0.2) is 0 Å². The average Bonchev–Trinajstić information content (AvgIpc) is 2.30. The molecule has 1 unspecified atom stereocenters. The first-order valence-electron chi connectivity index (χ1n) is 5.53. The largest absolute Gasteiger partial charge is 0.381 e. The Labute approximate surface area is 85.3 Å². The Morgan fingerprint density at radius 2 is 2.00 bits per heavy atom. The van der Waals surface area contributed by atoms with Gasteiger partial charge in [-0.05, 0) is 12.8 Å². The molecular weight excluding hydrogens is 180 g/mol. The highest BCUT2D eigenvalue weighted by Crippen LogP contribution is 2.17. The summed E-state index contributed by atoms with van der Waals surface area (Å²) in [6, 6.07) is 0.696. The van der Waals surface area contributed by atoms with Crippen molar-refractivity contribution in [1.29, 1.82) is 0 Å². The van der Waals surface area contributed by atoms with Crippen LogP contribution in [-0.4, -0.2) is 56.5 Å². The molecule has 0 amide bonds.